The molecular weight excluding hydrogens is 480 g/mol. The fourth-order valence-corrected chi connectivity index (χ4v) is 4.53. The minimum absolute atomic E-state index is 0.0697. The molecule has 0 fully saturated rings. The number of benzene rings is 2. The lowest BCUT2D eigenvalue weighted by Crippen LogP contribution is -2.13. The summed E-state index contributed by atoms with van der Waals surface area (Å²) < 4.78 is 35.6. The van der Waals surface area contributed by atoms with Crippen LogP contribution in [0.1, 0.15) is 29.7 Å². The van der Waals surface area contributed by atoms with Crippen LogP contribution in [0.25, 0.3) is 5.82 Å². The quantitative estimate of drug-likeness (QED) is 0.379. The van der Waals surface area contributed by atoms with Gasteiger partial charge in [-0.2, -0.15) is 10.1 Å². The molecule has 0 saturated heterocycles. The average Bonchev–Trinajstić information content (AvgIpc) is 3.07. The van der Waals surface area contributed by atoms with Crippen LogP contribution in [-0.4, -0.2) is 34.1 Å². The molecule has 0 atom stereocenters. The van der Waals surface area contributed by atoms with E-state index in [1.807, 2.05) is 20.8 Å². The number of nitrogens with zero attached hydrogens (tertiary/aromatic N) is 4. The molecule has 2 N–H and O–H groups in total. The summed E-state index contributed by atoms with van der Waals surface area (Å²) in [6, 6.07) is 14.1. The summed E-state index contributed by atoms with van der Waals surface area (Å²) >= 11 is 0. The van der Waals surface area contributed by atoms with E-state index in [2.05, 4.69) is 25.1 Å². The van der Waals surface area contributed by atoms with Crippen molar-refractivity contribution in [3.05, 3.63) is 77.4 Å². The van der Waals surface area contributed by atoms with E-state index >= 15 is 0 Å². The van der Waals surface area contributed by atoms with Crippen LogP contribution in [0.4, 0.5) is 11.4 Å². The Labute approximate surface area is 209 Å². The van der Waals surface area contributed by atoms with Crippen LogP contribution >= 0.6 is 0 Å². The van der Waals surface area contributed by atoms with Crippen LogP contribution in [0.2, 0.25) is 0 Å². The van der Waals surface area contributed by atoms with Gasteiger partial charge in [0.25, 0.3) is 10.0 Å². The standard InChI is InChI=1S/C25H26N6O4S/c1-15-16(2)29-31(17(15)3)24-14-25(27-18(4)26-24)35-22-10-6-21(7-11-22)30-36(33,34)23-12-8-20(9-13-23)28-19(5)32/h6-14,30H,1-5H3,(H,28,32). The summed E-state index contributed by atoms with van der Waals surface area (Å²) in [6.07, 6.45) is 0. The highest BCUT2D eigenvalue weighted by atomic mass is 32.2. The Balaban J connectivity index is 1.49. The van der Waals surface area contributed by atoms with Crippen molar-refractivity contribution in [1.82, 2.24) is 19.7 Å². The minimum Gasteiger partial charge on any atom is -0.439 e. The van der Waals surface area contributed by atoms with E-state index in [0.717, 1.165) is 17.0 Å². The van der Waals surface area contributed by atoms with Gasteiger partial charge in [0.1, 0.15) is 11.6 Å². The largest absolute Gasteiger partial charge is 0.439 e. The van der Waals surface area contributed by atoms with E-state index in [0.29, 0.717) is 34.6 Å². The Morgan fingerprint density at radius 2 is 1.56 bits per heavy atom. The predicted octanol–water partition coefficient (Wildman–Crippen LogP) is 4.45. The van der Waals surface area contributed by atoms with Gasteiger partial charge < -0.3 is 10.1 Å². The van der Waals surface area contributed by atoms with Gasteiger partial charge in [-0.1, -0.05) is 0 Å². The Kier molecular flexibility index (Phi) is 6.75. The molecule has 0 unspecified atom stereocenters. The third kappa shape index (κ3) is 5.52. The number of carbonyl (C=O) groups excluding carboxylic acids is 1. The van der Waals surface area contributed by atoms with E-state index in [-0.39, 0.29) is 10.8 Å². The maximum atomic E-state index is 12.7. The van der Waals surface area contributed by atoms with Crippen molar-refractivity contribution in [1.29, 1.82) is 0 Å². The van der Waals surface area contributed by atoms with E-state index < -0.39 is 10.0 Å². The number of aromatic nitrogens is 4. The summed E-state index contributed by atoms with van der Waals surface area (Å²) in [6.45, 7) is 9.09. The fraction of sp³-hybridized carbons (Fsp3) is 0.200. The lowest BCUT2D eigenvalue weighted by Gasteiger charge is -2.11. The van der Waals surface area contributed by atoms with Gasteiger partial charge in [0, 0.05) is 30.1 Å². The van der Waals surface area contributed by atoms with Crippen LogP contribution < -0.4 is 14.8 Å². The first-order valence-electron chi connectivity index (χ1n) is 11.1. The number of amides is 1. The molecule has 0 aliphatic carbocycles. The summed E-state index contributed by atoms with van der Waals surface area (Å²) in [5, 5.41) is 7.14. The van der Waals surface area contributed by atoms with E-state index in [1.165, 1.54) is 31.2 Å². The molecule has 0 aliphatic rings. The first kappa shape index (κ1) is 24.9. The van der Waals surface area contributed by atoms with E-state index in [9.17, 15) is 13.2 Å². The van der Waals surface area contributed by atoms with Crippen molar-refractivity contribution >= 4 is 27.3 Å². The second-order valence-corrected chi connectivity index (χ2v) is 9.94. The summed E-state index contributed by atoms with van der Waals surface area (Å²) in [5.41, 5.74) is 3.88. The second kappa shape index (κ2) is 9.78. The van der Waals surface area contributed by atoms with Crippen LogP contribution in [0.5, 0.6) is 11.6 Å². The molecule has 186 valence electrons. The van der Waals surface area contributed by atoms with E-state index in [1.54, 1.807) is 41.9 Å². The smallest absolute Gasteiger partial charge is 0.261 e. The number of sulfonamides is 1. The molecule has 0 saturated carbocycles. The van der Waals surface area contributed by atoms with Crippen molar-refractivity contribution in [3.63, 3.8) is 0 Å². The van der Waals surface area contributed by atoms with Gasteiger partial charge in [0.05, 0.1) is 10.6 Å². The zero-order valence-corrected chi connectivity index (χ0v) is 21.3. The third-order valence-electron chi connectivity index (χ3n) is 5.48. The third-order valence-corrected chi connectivity index (χ3v) is 6.88. The zero-order chi connectivity index (χ0) is 26.0. The maximum Gasteiger partial charge on any atom is 0.261 e. The van der Waals surface area contributed by atoms with Crippen molar-refractivity contribution in [3.8, 4) is 17.4 Å². The first-order chi connectivity index (χ1) is 17.0. The van der Waals surface area contributed by atoms with Crippen molar-refractivity contribution in [2.75, 3.05) is 10.0 Å². The molecule has 2 aromatic heterocycles. The Morgan fingerprint density at radius 3 is 2.14 bits per heavy atom. The monoisotopic (exact) mass is 506 g/mol. The number of hydrogen-bond donors (Lipinski definition) is 2. The molecule has 36 heavy (non-hydrogen) atoms. The number of rotatable bonds is 7. The number of anilines is 2. The van der Waals surface area contributed by atoms with Gasteiger partial charge >= 0.3 is 0 Å². The van der Waals surface area contributed by atoms with Gasteiger partial charge in [0.15, 0.2) is 5.82 Å². The highest BCUT2D eigenvalue weighted by molar-refractivity contribution is 7.92. The molecule has 10 nitrogen and oxygen atoms in total. The van der Waals surface area contributed by atoms with Crippen LogP contribution in [-0.2, 0) is 14.8 Å². The van der Waals surface area contributed by atoms with Crippen LogP contribution in [0.3, 0.4) is 0 Å². The number of nitrogens with one attached hydrogen (secondary N) is 2. The van der Waals surface area contributed by atoms with Gasteiger partial charge in [-0.3, -0.25) is 9.52 Å². The lowest BCUT2D eigenvalue weighted by molar-refractivity contribution is -0.114. The number of ether oxygens (including phenoxy) is 1. The number of carbonyl (C=O) groups is 1. The maximum absolute atomic E-state index is 12.7. The highest BCUT2D eigenvalue weighted by Gasteiger charge is 2.15. The molecule has 0 aliphatic heterocycles. The highest BCUT2D eigenvalue weighted by Crippen LogP contribution is 2.25. The van der Waals surface area contributed by atoms with Crippen LogP contribution in [0.15, 0.2) is 59.5 Å². The average molecular weight is 507 g/mol. The molecule has 0 bridgehead atoms. The number of aryl methyl sites for hydroxylation is 2. The fourth-order valence-electron chi connectivity index (χ4n) is 3.48. The van der Waals surface area contributed by atoms with Crippen molar-refractivity contribution in [2.45, 2.75) is 39.5 Å². The predicted molar refractivity (Wildman–Crippen MR) is 136 cm³/mol. The van der Waals surface area contributed by atoms with Gasteiger partial charge in [-0.15, -0.1) is 0 Å². The molecule has 2 aromatic carbocycles. The second-order valence-electron chi connectivity index (χ2n) is 8.26. The van der Waals surface area contributed by atoms with Crippen LogP contribution in [0, 0.1) is 27.7 Å². The SMILES string of the molecule is CC(=O)Nc1ccc(S(=O)(=O)Nc2ccc(Oc3cc(-n4nc(C)c(C)c4C)nc(C)n3)cc2)cc1. The molecular formula is C25H26N6O4S. The molecule has 0 spiro atoms. The number of hydrogen-bond acceptors (Lipinski definition) is 7. The first-order valence-corrected chi connectivity index (χ1v) is 12.6. The van der Waals surface area contributed by atoms with Gasteiger partial charge in [-0.25, -0.2) is 18.1 Å². The topological polar surface area (TPSA) is 128 Å². The minimum atomic E-state index is -3.81. The normalized spacial score (nSPS) is 11.2. The van der Waals surface area contributed by atoms with Crippen molar-refractivity contribution < 1.29 is 17.9 Å². The zero-order valence-electron chi connectivity index (χ0n) is 20.5. The van der Waals surface area contributed by atoms with E-state index in [4.69, 9.17) is 4.74 Å². The molecule has 4 rings (SSSR count). The molecule has 2 heterocycles. The Bertz CT molecular complexity index is 1530. The lowest BCUT2D eigenvalue weighted by atomic mass is 10.2. The molecule has 0 radical (unpaired) electrons. The summed E-state index contributed by atoms with van der Waals surface area (Å²) in [7, 11) is -3.81. The van der Waals surface area contributed by atoms with Gasteiger partial charge in [-0.05, 0) is 81.8 Å². The Morgan fingerprint density at radius 1 is 0.917 bits per heavy atom. The van der Waals surface area contributed by atoms with Gasteiger partial charge in [0.2, 0.25) is 11.8 Å². The van der Waals surface area contributed by atoms with Crippen molar-refractivity contribution in [2.24, 2.45) is 0 Å². The Hall–Kier alpha value is -4.25. The molecule has 4 aromatic rings. The summed E-state index contributed by atoms with van der Waals surface area (Å²) in [4.78, 5) is 20.0. The molecule has 1 amide bonds. The summed E-state index contributed by atoms with van der Waals surface area (Å²) in [5.74, 6) is 1.71. The molecule has 11 heteroatoms.